The fourth-order valence-electron chi connectivity index (χ4n) is 2.69. The number of nitrogens with one attached hydrogen (secondary N) is 1. The maximum Gasteiger partial charge on any atom is 0.234 e. The Bertz CT molecular complexity index is 462. The molecule has 1 aliphatic heterocycles. The summed E-state index contributed by atoms with van der Waals surface area (Å²) in [6.07, 6.45) is 0.496. The average Bonchev–Trinajstić information content (AvgIpc) is 3.08. The zero-order valence-electron chi connectivity index (χ0n) is 14.4. The number of carbonyl (C=O) groups is 1. The lowest BCUT2D eigenvalue weighted by Crippen LogP contribution is -2.51. The minimum Gasteiger partial charge on any atom is -0.389 e. The third kappa shape index (κ3) is 7.27. The van der Waals surface area contributed by atoms with Crippen LogP contribution in [0.1, 0.15) is 18.2 Å². The molecule has 1 fully saturated rings. The van der Waals surface area contributed by atoms with E-state index in [1.807, 2.05) is 17.5 Å². The van der Waals surface area contributed by atoms with E-state index in [0.29, 0.717) is 26.3 Å². The van der Waals surface area contributed by atoms with Crippen LogP contribution in [0.25, 0.3) is 0 Å². The lowest BCUT2D eigenvalue weighted by molar-refractivity contribution is -0.122. The molecule has 0 spiro atoms. The van der Waals surface area contributed by atoms with Crippen LogP contribution in [0.5, 0.6) is 0 Å². The van der Waals surface area contributed by atoms with E-state index in [-0.39, 0.29) is 5.91 Å². The Hall–Kier alpha value is -0.990. The minimum atomic E-state index is -0.468. The summed E-state index contributed by atoms with van der Waals surface area (Å²) in [6, 6.07) is 4.04. The summed E-state index contributed by atoms with van der Waals surface area (Å²) in [7, 11) is 0. The van der Waals surface area contributed by atoms with E-state index in [4.69, 9.17) is 4.74 Å². The van der Waals surface area contributed by atoms with Gasteiger partial charge in [0, 0.05) is 44.1 Å². The highest BCUT2D eigenvalue weighted by molar-refractivity contribution is 7.09. The van der Waals surface area contributed by atoms with Gasteiger partial charge >= 0.3 is 0 Å². The Kier molecular flexibility index (Phi) is 8.69. The van der Waals surface area contributed by atoms with Crippen LogP contribution in [0, 0.1) is 0 Å². The van der Waals surface area contributed by atoms with Gasteiger partial charge in [0.05, 0.1) is 25.9 Å². The van der Waals surface area contributed by atoms with Gasteiger partial charge < -0.3 is 15.2 Å². The van der Waals surface area contributed by atoms with E-state index < -0.39 is 6.10 Å². The number of carbonyl (C=O) groups excluding carboxylic acids is 1. The van der Waals surface area contributed by atoms with E-state index in [9.17, 15) is 9.90 Å². The quantitative estimate of drug-likeness (QED) is 0.649. The van der Waals surface area contributed by atoms with Gasteiger partial charge in [-0.15, -0.1) is 11.3 Å². The van der Waals surface area contributed by atoms with Crippen molar-refractivity contribution < 1.29 is 14.6 Å². The first kappa shape index (κ1) is 19.3. The summed E-state index contributed by atoms with van der Waals surface area (Å²) in [4.78, 5) is 17.3. The third-order valence-corrected chi connectivity index (χ3v) is 4.86. The molecule has 1 aromatic heterocycles. The fourth-order valence-corrected chi connectivity index (χ4v) is 3.33. The van der Waals surface area contributed by atoms with Crippen LogP contribution in [-0.2, 0) is 16.1 Å². The molecule has 0 aliphatic carbocycles. The standard InChI is InChI=1S/C17H29N3O3S/c1-2-5-18-17(22)12-20-8-6-19(7-9-20)11-15(21)13-23-14-16-4-3-10-24-16/h3-4,10,15,21H,2,5-9,11-14H2,1H3,(H,18,22)/t15-/m1/s1. The van der Waals surface area contributed by atoms with E-state index >= 15 is 0 Å². The SMILES string of the molecule is CCCNC(=O)CN1CCN(C[C@@H](O)COCc2cccs2)CC1. The summed E-state index contributed by atoms with van der Waals surface area (Å²) < 4.78 is 5.56. The van der Waals surface area contributed by atoms with Crippen LogP contribution >= 0.6 is 11.3 Å². The summed E-state index contributed by atoms with van der Waals surface area (Å²) >= 11 is 1.66. The molecule has 0 saturated carbocycles. The van der Waals surface area contributed by atoms with Crippen molar-refractivity contribution in [3.05, 3.63) is 22.4 Å². The number of nitrogens with zero attached hydrogens (tertiary/aromatic N) is 2. The van der Waals surface area contributed by atoms with Crippen LogP contribution in [0.3, 0.4) is 0 Å². The van der Waals surface area contributed by atoms with Gasteiger partial charge in [-0.2, -0.15) is 0 Å². The van der Waals surface area contributed by atoms with Crippen molar-refractivity contribution >= 4 is 17.2 Å². The van der Waals surface area contributed by atoms with Crippen LogP contribution < -0.4 is 5.32 Å². The number of piperazine rings is 1. The van der Waals surface area contributed by atoms with Crippen molar-refractivity contribution in [1.29, 1.82) is 0 Å². The molecular weight excluding hydrogens is 326 g/mol. The highest BCUT2D eigenvalue weighted by Crippen LogP contribution is 2.10. The number of aliphatic hydroxyl groups is 1. The molecule has 1 aliphatic rings. The second kappa shape index (κ2) is 10.8. The summed E-state index contributed by atoms with van der Waals surface area (Å²) in [5, 5.41) is 15.0. The molecule has 0 unspecified atom stereocenters. The molecule has 2 N–H and O–H groups in total. The molecule has 2 heterocycles. The van der Waals surface area contributed by atoms with E-state index in [2.05, 4.69) is 22.0 Å². The maximum absolute atomic E-state index is 11.7. The Morgan fingerprint density at radius 1 is 1.38 bits per heavy atom. The molecular formula is C17H29N3O3S. The number of rotatable bonds is 10. The van der Waals surface area contributed by atoms with Crippen molar-refractivity contribution in [3.8, 4) is 0 Å². The first-order chi connectivity index (χ1) is 11.7. The van der Waals surface area contributed by atoms with Crippen molar-refractivity contribution in [1.82, 2.24) is 15.1 Å². The first-order valence-electron chi connectivity index (χ1n) is 8.67. The van der Waals surface area contributed by atoms with Crippen LogP contribution in [0.2, 0.25) is 0 Å². The zero-order chi connectivity index (χ0) is 17.2. The minimum absolute atomic E-state index is 0.104. The van der Waals surface area contributed by atoms with Crippen LogP contribution in [-0.4, -0.2) is 79.3 Å². The first-order valence-corrected chi connectivity index (χ1v) is 9.55. The molecule has 136 valence electrons. The predicted octanol–water partition coefficient (Wildman–Crippen LogP) is 0.769. The van der Waals surface area contributed by atoms with E-state index in [1.165, 1.54) is 4.88 Å². The van der Waals surface area contributed by atoms with Gasteiger partial charge in [0.25, 0.3) is 0 Å². The Morgan fingerprint density at radius 3 is 2.79 bits per heavy atom. The lowest BCUT2D eigenvalue weighted by atomic mass is 10.2. The van der Waals surface area contributed by atoms with Crippen molar-refractivity contribution in [2.45, 2.75) is 26.1 Å². The molecule has 6 nitrogen and oxygen atoms in total. The fraction of sp³-hybridized carbons (Fsp3) is 0.706. The second-order valence-electron chi connectivity index (χ2n) is 6.18. The number of hydrogen-bond donors (Lipinski definition) is 2. The Morgan fingerprint density at radius 2 is 2.12 bits per heavy atom. The maximum atomic E-state index is 11.7. The van der Waals surface area contributed by atoms with Crippen molar-refractivity contribution in [3.63, 3.8) is 0 Å². The molecule has 2 rings (SSSR count). The smallest absolute Gasteiger partial charge is 0.234 e. The number of amides is 1. The number of hydrogen-bond acceptors (Lipinski definition) is 6. The molecule has 24 heavy (non-hydrogen) atoms. The van der Waals surface area contributed by atoms with Gasteiger partial charge in [0.15, 0.2) is 0 Å². The molecule has 1 amide bonds. The molecule has 0 radical (unpaired) electrons. The van der Waals surface area contributed by atoms with Crippen molar-refractivity contribution in [2.24, 2.45) is 0 Å². The van der Waals surface area contributed by atoms with Gasteiger partial charge in [-0.25, -0.2) is 0 Å². The summed E-state index contributed by atoms with van der Waals surface area (Å²) in [5.41, 5.74) is 0. The normalized spacial score (nSPS) is 17.8. The summed E-state index contributed by atoms with van der Waals surface area (Å²) in [5.74, 6) is 0.104. The van der Waals surface area contributed by atoms with Crippen molar-refractivity contribution in [2.75, 3.05) is 52.4 Å². The zero-order valence-corrected chi connectivity index (χ0v) is 15.3. The molecule has 0 bridgehead atoms. The van der Waals surface area contributed by atoms with E-state index in [1.54, 1.807) is 11.3 Å². The predicted molar refractivity (Wildman–Crippen MR) is 96.2 cm³/mol. The largest absolute Gasteiger partial charge is 0.389 e. The molecule has 1 aromatic rings. The third-order valence-electron chi connectivity index (χ3n) is 4.01. The molecule has 0 aromatic carbocycles. The molecule has 1 saturated heterocycles. The van der Waals surface area contributed by atoms with Gasteiger partial charge in [-0.05, 0) is 17.9 Å². The number of aliphatic hydroxyl groups excluding tert-OH is 1. The topological polar surface area (TPSA) is 65.0 Å². The lowest BCUT2D eigenvalue weighted by Gasteiger charge is -2.35. The monoisotopic (exact) mass is 355 g/mol. The highest BCUT2D eigenvalue weighted by atomic mass is 32.1. The highest BCUT2D eigenvalue weighted by Gasteiger charge is 2.20. The van der Waals surface area contributed by atoms with Gasteiger partial charge in [0.1, 0.15) is 0 Å². The molecule has 7 heteroatoms. The Balaban J connectivity index is 1.55. The molecule has 1 atom stereocenters. The average molecular weight is 356 g/mol. The second-order valence-corrected chi connectivity index (χ2v) is 7.21. The van der Waals surface area contributed by atoms with Gasteiger partial charge in [-0.3, -0.25) is 14.6 Å². The summed E-state index contributed by atoms with van der Waals surface area (Å²) in [6.45, 7) is 8.30. The van der Waals surface area contributed by atoms with Gasteiger partial charge in [0.2, 0.25) is 5.91 Å². The Labute approximate surface area is 148 Å². The van der Waals surface area contributed by atoms with Gasteiger partial charge in [-0.1, -0.05) is 13.0 Å². The van der Waals surface area contributed by atoms with Crippen LogP contribution in [0.4, 0.5) is 0 Å². The number of thiophene rings is 1. The van der Waals surface area contributed by atoms with Crippen LogP contribution in [0.15, 0.2) is 17.5 Å². The number of β-amino-alcohol motifs (C(OH)–C–C–N with tert-alkyl or cyclic N) is 1. The number of ether oxygens (including phenoxy) is 1. The van der Waals surface area contributed by atoms with E-state index in [0.717, 1.165) is 39.1 Å².